The first kappa shape index (κ1) is 48.2. The van der Waals surface area contributed by atoms with E-state index in [2.05, 4.69) is 60.6 Å². The Kier molecular flexibility index (Phi) is 12.4. The molecule has 1 aromatic heterocycles. The Bertz CT molecular complexity index is 2530. The van der Waals surface area contributed by atoms with E-state index in [4.69, 9.17) is 28.4 Å². The van der Waals surface area contributed by atoms with Gasteiger partial charge in [-0.3, -0.25) is 9.59 Å². The Hall–Kier alpha value is -4.88. The zero-order valence-corrected chi connectivity index (χ0v) is 40.7. The fraction of sp³-hybridized carbons (Fsp3) is 0.608. The molecule has 5 aliphatic heterocycles. The average Bonchev–Trinajstić information content (AvgIpc) is 3.76. The van der Waals surface area contributed by atoms with Crippen LogP contribution in [0.15, 0.2) is 52.9 Å². The molecule has 3 saturated carbocycles. The summed E-state index contributed by atoms with van der Waals surface area (Å²) in [5.74, 6) is -2.00. The van der Waals surface area contributed by atoms with Gasteiger partial charge in [0, 0.05) is 41.5 Å². The molecule has 8 aliphatic rings. The van der Waals surface area contributed by atoms with E-state index in [0.29, 0.717) is 58.9 Å². The Morgan fingerprint density at radius 1 is 1.06 bits per heavy atom. The van der Waals surface area contributed by atoms with Gasteiger partial charge in [-0.05, 0) is 99.1 Å². The summed E-state index contributed by atoms with van der Waals surface area (Å²) in [4.78, 5) is 33.2. The number of nitrogens with zero attached hydrogens (tertiary/aromatic N) is 3. The first-order chi connectivity index (χ1) is 32.1. The minimum Gasteiger partial charge on any atom is -0.482 e. The average molecular weight is 942 g/mol. The number of Topliss-reactive ketones (excluding diaryl/α,β-unsaturated/α-hetero) is 1. The maximum atomic E-state index is 15.4. The maximum absolute atomic E-state index is 15.4. The Labute approximate surface area is 397 Å². The highest BCUT2D eigenvalue weighted by atomic mass is 16.8. The molecule has 6 heterocycles. The second-order valence-corrected chi connectivity index (χ2v) is 21.0. The first-order valence-corrected chi connectivity index (χ1v) is 24.0. The number of hydrogen-bond donors (Lipinski definition) is 6. The molecule has 11 atom stereocenters. The molecule has 5 fully saturated rings. The summed E-state index contributed by atoms with van der Waals surface area (Å²) in [6, 6.07) is -0.744. The lowest BCUT2D eigenvalue weighted by molar-refractivity contribution is -0.373. The lowest BCUT2D eigenvalue weighted by atomic mass is 9.46. The third-order valence-corrected chi connectivity index (χ3v) is 14.8. The molecular formula is C51H67N5O12. The van der Waals surface area contributed by atoms with Crippen LogP contribution in [0, 0.1) is 17.8 Å². The number of ether oxygens (including phenoxy) is 6. The zero-order valence-electron chi connectivity index (χ0n) is 40.7. The van der Waals surface area contributed by atoms with Crippen molar-refractivity contribution in [3.63, 3.8) is 0 Å². The number of amides is 1. The molecule has 17 heteroatoms. The van der Waals surface area contributed by atoms with E-state index in [1.807, 2.05) is 32.9 Å². The van der Waals surface area contributed by atoms with Gasteiger partial charge in [-0.1, -0.05) is 43.2 Å². The van der Waals surface area contributed by atoms with Gasteiger partial charge in [0.1, 0.15) is 53.6 Å². The van der Waals surface area contributed by atoms with Crippen molar-refractivity contribution < 1.29 is 58.4 Å². The van der Waals surface area contributed by atoms with Crippen molar-refractivity contribution in [3.05, 3.63) is 69.6 Å². The summed E-state index contributed by atoms with van der Waals surface area (Å²) in [5.41, 5.74) is 0.318. The van der Waals surface area contributed by atoms with Crippen LogP contribution in [0.2, 0.25) is 0 Å². The number of hydrogen-bond acceptors (Lipinski definition) is 15. The number of allylic oxidation sites excluding steroid dienone is 4. The summed E-state index contributed by atoms with van der Waals surface area (Å²) in [6.07, 6.45) is 6.78. The molecular weight excluding hydrogens is 875 g/mol. The minimum absolute atomic E-state index is 0.0374. The molecule has 0 radical (unpaired) electrons. The Morgan fingerprint density at radius 2 is 1.81 bits per heavy atom. The van der Waals surface area contributed by atoms with Crippen molar-refractivity contribution in [2.45, 2.75) is 161 Å². The largest absolute Gasteiger partial charge is 0.482 e. The number of rotatable bonds is 13. The van der Waals surface area contributed by atoms with Crippen molar-refractivity contribution in [1.82, 2.24) is 20.1 Å². The third kappa shape index (κ3) is 7.72. The fourth-order valence-corrected chi connectivity index (χ4v) is 11.4. The van der Waals surface area contributed by atoms with Gasteiger partial charge >= 0.3 is 0 Å². The van der Waals surface area contributed by atoms with Crippen LogP contribution in [-0.2, 0) is 30.2 Å². The van der Waals surface area contributed by atoms with Crippen LogP contribution in [0.1, 0.15) is 118 Å². The second kappa shape index (κ2) is 17.5. The van der Waals surface area contributed by atoms with E-state index < -0.39 is 82.9 Å². The van der Waals surface area contributed by atoms with Gasteiger partial charge in [0.05, 0.1) is 36.1 Å². The molecule has 10 rings (SSSR count). The van der Waals surface area contributed by atoms with E-state index >= 15 is 4.79 Å². The number of nitrogens with one attached hydrogen (secondary N) is 2. The molecule has 2 aromatic rings. The molecule has 2 saturated heterocycles. The monoisotopic (exact) mass is 941 g/mol. The fourth-order valence-electron chi connectivity index (χ4n) is 11.4. The summed E-state index contributed by atoms with van der Waals surface area (Å²) >= 11 is 0. The number of aliphatic hydroxyl groups is 4. The van der Waals surface area contributed by atoms with Crippen LogP contribution in [0.4, 0.5) is 5.95 Å². The number of aromatic nitrogens is 3. The first-order valence-electron chi connectivity index (χ1n) is 24.0. The van der Waals surface area contributed by atoms with Crippen LogP contribution >= 0.6 is 0 Å². The summed E-state index contributed by atoms with van der Waals surface area (Å²) < 4.78 is 42.1. The van der Waals surface area contributed by atoms with Crippen LogP contribution < -0.4 is 24.8 Å². The number of ketones is 1. The summed E-state index contributed by atoms with van der Waals surface area (Å²) in [7, 11) is 0. The second-order valence-electron chi connectivity index (χ2n) is 21.0. The van der Waals surface area contributed by atoms with Crippen molar-refractivity contribution in [2.24, 2.45) is 17.8 Å². The highest BCUT2D eigenvalue weighted by Gasteiger charge is 2.77. The molecule has 1 amide bonds. The van der Waals surface area contributed by atoms with Gasteiger partial charge in [-0.15, -0.1) is 0 Å². The van der Waals surface area contributed by atoms with Crippen LogP contribution in [0.25, 0.3) is 11.8 Å². The van der Waals surface area contributed by atoms with Crippen LogP contribution in [-0.4, -0.2) is 120 Å². The third-order valence-electron chi connectivity index (χ3n) is 14.8. The topological polar surface area (TPSA) is 225 Å². The number of carbonyl (C=O) groups excluding carboxylic acids is 2. The molecule has 1 aromatic carbocycles. The maximum Gasteiger partial charge on any atom is 0.246 e. The van der Waals surface area contributed by atoms with Crippen molar-refractivity contribution >= 4 is 29.4 Å². The van der Waals surface area contributed by atoms with Gasteiger partial charge in [-0.25, -0.2) is 4.68 Å². The van der Waals surface area contributed by atoms with Crippen molar-refractivity contribution in [1.29, 1.82) is 0 Å². The molecule has 368 valence electrons. The predicted octanol–water partition coefficient (Wildman–Crippen LogP) is 5.23. The SMILES string of the molecule is CC(C)=CCCC1(C)C=Cc2c(c(CC=C(C)C)c3c(c2O[C@@H]2O[C@@H]4COC(C)(C)O[C@H]4[C@H](O)[C@H]2O)C2=C4C(C5CC(C(C)C)C4(O3)C(O)(C/C=C(/C)C(=O)NCCO)C5=O)n3ncnc3N2)O1. The van der Waals surface area contributed by atoms with E-state index in [-0.39, 0.29) is 49.2 Å². The molecule has 2 bridgehead atoms. The lowest BCUT2D eigenvalue weighted by Crippen LogP contribution is -2.78. The van der Waals surface area contributed by atoms with Gasteiger partial charge in [-0.2, -0.15) is 10.1 Å². The number of aliphatic hydroxyl groups excluding tert-OH is 3. The van der Waals surface area contributed by atoms with Gasteiger partial charge in [0.25, 0.3) is 0 Å². The van der Waals surface area contributed by atoms with Crippen molar-refractivity contribution in [2.75, 3.05) is 25.1 Å². The molecule has 17 nitrogen and oxygen atoms in total. The van der Waals surface area contributed by atoms with E-state index in [1.54, 1.807) is 31.5 Å². The number of carbonyl (C=O) groups is 2. The zero-order chi connectivity index (χ0) is 48.8. The normalized spacial score (nSPS) is 33.8. The van der Waals surface area contributed by atoms with Gasteiger partial charge < -0.3 is 59.5 Å². The molecule has 6 N–H and O–H groups in total. The van der Waals surface area contributed by atoms with E-state index in [9.17, 15) is 25.2 Å². The predicted molar refractivity (Wildman–Crippen MR) is 250 cm³/mol. The molecule has 1 spiro atoms. The number of fused-ring (bicyclic) bond motifs is 7. The molecule has 68 heavy (non-hydrogen) atoms. The summed E-state index contributed by atoms with van der Waals surface area (Å²) in [5, 5.41) is 57.5. The van der Waals surface area contributed by atoms with E-state index in [0.717, 1.165) is 12.0 Å². The number of benzene rings is 1. The molecule has 6 unspecified atom stereocenters. The minimum atomic E-state index is -2.22. The standard InChI is InChI=1S/C51H67N5O12/c1-25(2)12-11-17-49(10)18-16-30-40(67-49)29(14-13-26(3)4)42-34(41(30)65-46-39(59)38(58)43-33(64-46)23-63-48(8,9)66-43)36-35-37(56-47(55-36)53-24-54-56)31-22-32(27(5)6)51(35,68-42)50(62,44(31)60)19-15-28(7)45(61)52-20-21-57/h12-13,15-16,18,24,27,31-33,37-39,43,46,57-59,62H,11,14,17,19-23H2,1-10H3,(H,52,61)(H,53,54,55)/b28-15-/t31?,32?,33-,37?,38-,39-,43-,46+,49?,50?,51?/m1/s1. The summed E-state index contributed by atoms with van der Waals surface area (Å²) in [6.45, 7) is 19.2. The quantitative estimate of drug-likeness (QED) is 0.112. The molecule has 3 aliphatic carbocycles. The van der Waals surface area contributed by atoms with Gasteiger partial charge in [0.2, 0.25) is 18.1 Å². The lowest BCUT2D eigenvalue weighted by Gasteiger charge is -2.65. The van der Waals surface area contributed by atoms with Gasteiger partial charge in [0.15, 0.2) is 22.8 Å². The smallest absolute Gasteiger partial charge is 0.246 e. The number of anilines is 1. The van der Waals surface area contributed by atoms with Crippen LogP contribution in [0.3, 0.4) is 0 Å². The van der Waals surface area contributed by atoms with Crippen LogP contribution in [0.5, 0.6) is 17.2 Å². The highest BCUT2D eigenvalue weighted by molar-refractivity contribution is 6.02. The Morgan fingerprint density at radius 3 is 2.51 bits per heavy atom. The van der Waals surface area contributed by atoms with E-state index in [1.165, 1.54) is 11.9 Å². The van der Waals surface area contributed by atoms with Crippen molar-refractivity contribution in [3.8, 4) is 17.2 Å². The Balaban J connectivity index is 1.31. The highest BCUT2D eigenvalue weighted by Crippen LogP contribution is 2.69.